The molecule has 21 heavy (non-hydrogen) atoms. The van der Waals surface area contributed by atoms with E-state index in [0.29, 0.717) is 12.5 Å². The van der Waals surface area contributed by atoms with Gasteiger partial charge < -0.3 is 10.2 Å². The van der Waals surface area contributed by atoms with Gasteiger partial charge in [-0.25, -0.2) is 8.42 Å². The molecule has 1 heterocycles. The standard InChI is InChI=1S/C15H28N2O3S/c1-11(16-13-6-5-8-15(13,2)3)14(18)17(4)12-7-9-21(19,20)10-12/h11-13,16H,5-10H2,1-4H3. The van der Waals surface area contributed by atoms with Crippen LogP contribution in [-0.4, -0.2) is 55.9 Å². The molecule has 6 heteroatoms. The van der Waals surface area contributed by atoms with Crippen LogP contribution in [0.25, 0.3) is 0 Å². The van der Waals surface area contributed by atoms with E-state index in [2.05, 4.69) is 19.2 Å². The Balaban J connectivity index is 1.93. The number of carbonyl (C=O) groups is 1. The van der Waals surface area contributed by atoms with Gasteiger partial charge in [0.15, 0.2) is 9.84 Å². The fourth-order valence-corrected chi connectivity index (χ4v) is 5.35. The number of nitrogens with zero attached hydrogens (tertiary/aromatic N) is 1. The maximum absolute atomic E-state index is 12.5. The fourth-order valence-electron chi connectivity index (χ4n) is 3.57. The first-order valence-electron chi connectivity index (χ1n) is 7.85. The zero-order chi connectivity index (χ0) is 15.8. The third kappa shape index (κ3) is 3.77. The molecule has 3 atom stereocenters. The zero-order valence-corrected chi connectivity index (χ0v) is 14.4. The molecule has 1 aliphatic heterocycles. The lowest BCUT2D eigenvalue weighted by Crippen LogP contribution is -2.52. The summed E-state index contributed by atoms with van der Waals surface area (Å²) in [5, 5.41) is 3.45. The van der Waals surface area contributed by atoms with E-state index in [-0.39, 0.29) is 34.9 Å². The molecule has 0 spiro atoms. The monoisotopic (exact) mass is 316 g/mol. The third-order valence-corrected chi connectivity index (χ3v) is 6.93. The summed E-state index contributed by atoms with van der Waals surface area (Å²) in [5.74, 6) is 0.309. The molecular weight excluding hydrogens is 288 g/mol. The quantitative estimate of drug-likeness (QED) is 0.846. The summed E-state index contributed by atoms with van der Waals surface area (Å²) >= 11 is 0. The van der Waals surface area contributed by atoms with Gasteiger partial charge >= 0.3 is 0 Å². The van der Waals surface area contributed by atoms with Crippen molar-refractivity contribution in [2.24, 2.45) is 5.41 Å². The molecule has 5 nitrogen and oxygen atoms in total. The SMILES string of the molecule is CC(NC1CCCC1(C)C)C(=O)N(C)C1CCS(=O)(=O)C1. The van der Waals surface area contributed by atoms with Crippen molar-refractivity contribution in [3.8, 4) is 0 Å². The smallest absolute Gasteiger partial charge is 0.239 e. The molecule has 1 aliphatic carbocycles. The normalized spacial score (nSPS) is 32.0. The van der Waals surface area contributed by atoms with Crippen molar-refractivity contribution in [2.45, 2.75) is 64.6 Å². The highest BCUT2D eigenvalue weighted by Crippen LogP contribution is 2.37. The van der Waals surface area contributed by atoms with Crippen LogP contribution in [-0.2, 0) is 14.6 Å². The maximum atomic E-state index is 12.5. The van der Waals surface area contributed by atoms with Gasteiger partial charge in [0.05, 0.1) is 17.5 Å². The Morgan fingerprint density at radius 1 is 1.33 bits per heavy atom. The van der Waals surface area contributed by atoms with Crippen molar-refractivity contribution < 1.29 is 13.2 Å². The molecule has 3 unspecified atom stereocenters. The van der Waals surface area contributed by atoms with Crippen LogP contribution >= 0.6 is 0 Å². The Morgan fingerprint density at radius 3 is 2.48 bits per heavy atom. The van der Waals surface area contributed by atoms with E-state index in [1.807, 2.05) is 6.92 Å². The number of sulfone groups is 1. The van der Waals surface area contributed by atoms with E-state index in [1.54, 1.807) is 11.9 Å². The minimum atomic E-state index is -2.95. The van der Waals surface area contributed by atoms with Gasteiger partial charge in [0.1, 0.15) is 0 Å². The van der Waals surface area contributed by atoms with Crippen LogP contribution < -0.4 is 5.32 Å². The first-order valence-corrected chi connectivity index (χ1v) is 9.68. The summed E-state index contributed by atoms with van der Waals surface area (Å²) in [6.07, 6.45) is 4.04. The summed E-state index contributed by atoms with van der Waals surface area (Å²) in [6.45, 7) is 6.36. The highest BCUT2D eigenvalue weighted by atomic mass is 32.2. The first kappa shape index (κ1) is 16.7. The second-order valence-corrected chi connectivity index (χ2v) is 9.56. The van der Waals surface area contributed by atoms with Crippen molar-refractivity contribution in [1.29, 1.82) is 0 Å². The molecule has 0 aromatic rings. The van der Waals surface area contributed by atoms with Gasteiger partial charge in [0.25, 0.3) is 0 Å². The Labute approximate surface area is 128 Å². The predicted molar refractivity (Wildman–Crippen MR) is 83.8 cm³/mol. The highest BCUT2D eigenvalue weighted by molar-refractivity contribution is 7.91. The Morgan fingerprint density at radius 2 is 2.00 bits per heavy atom. The number of likely N-dealkylation sites (N-methyl/N-ethyl adjacent to an activating group) is 1. The zero-order valence-electron chi connectivity index (χ0n) is 13.6. The Kier molecular flexibility index (Phi) is 4.69. The van der Waals surface area contributed by atoms with Crippen LogP contribution in [0.1, 0.15) is 46.5 Å². The third-order valence-electron chi connectivity index (χ3n) is 5.18. The molecule has 0 radical (unpaired) electrons. The molecule has 2 aliphatic rings. The number of hydrogen-bond donors (Lipinski definition) is 1. The number of rotatable bonds is 4. The lowest BCUT2D eigenvalue weighted by atomic mass is 9.87. The van der Waals surface area contributed by atoms with Gasteiger partial charge in [-0.3, -0.25) is 4.79 Å². The molecular formula is C15H28N2O3S. The average molecular weight is 316 g/mol. The largest absolute Gasteiger partial charge is 0.340 e. The predicted octanol–water partition coefficient (Wildman–Crippen LogP) is 1.19. The summed E-state index contributed by atoms with van der Waals surface area (Å²) in [7, 11) is -1.23. The summed E-state index contributed by atoms with van der Waals surface area (Å²) < 4.78 is 23.1. The highest BCUT2D eigenvalue weighted by Gasteiger charge is 2.38. The summed E-state index contributed by atoms with van der Waals surface area (Å²) in [4.78, 5) is 14.1. The van der Waals surface area contributed by atoms with E-state index in [4.69, 9.17) is 0 Å². The lowest BCUT2D eigenvalue weighted by molar-refractivity contribution is -0.133. The van der Waals surface area contributed by atoms with Crippen LogP contribution in [0.2, 0.25) is 0 Å². The second kappa shape index (κ2) is 5.88. The molecule has 122 valence electrons. The van der Waals surface area contributed by atoms with Crippen molar-refractivity contribution >= 4 is 15.7 Å². The molecule has 0 bridgehead atoms. The molecule has 0 aromatic carbocycles. The molecule has 1 saturated heterocycles. The summed E-state index contributed by atoms with van der Waals surface area (Å²) in [6, 6.07) is -0.0684. The van der Waals surface area contributed by atoms with Crippen molar-refractivity contribution in [3.63, 3.8) is 0 Å². The van der Waals surface area contributed by atoms with Crippen LogP contribution in [0.5, 0.6) is 0 Å². The Hall–Kier alpha value is -0.620. The second-order valence-electron chi connectivity index (χ2n) is 7.33. The first-order chi connectivity index (χ1) is 9.62. The minimum Gasteiger partial charge on any atom is -0.340 e. The van der Waals surface area contributed by atoms with E-state index in [0.717, 1.165) is 6.42 Å². The van der Waals surface area contributed by atoms with Crippen LogP contribution in [0.3, 0.4) is 0 Å². The molecule has 0 aromatic heterocycles. The van der Waals surface area contributed by atoms with E-state index >= 15 is 0 Å². The van der Waals surface area contributed by atoms with Crippen molar-refractivity contribution in [3.05, 3.63) is 0 Å². The number of carbonyl (C=O) groups excluding carboxylic acids is 1. The molecule has 1 saturated carbocycles. The minimum absolute atomic E-state index is 0.000185. The van der Waals surface area contributed by atoms with Gasteiger partial charge in [-0.05, 0) is 31.6 Å². The van der Waals surface area contributed by atoms with E-state index < -0.39 is 9.84 Å². The number of nitrogens with one attached hydrogen (secondary N) is 1. The van der Waals surface area contributed by atoms with Crippen molar-refractivity contribution in [2.75, 3.05) is 18.6 Å². The van der Waals surface area contributed by atoms with Gasteiger partial charge in [-0.15, -0.1) is 0 Å². The Bertz CT molecular complexity index is 501. The molecule has 2 rings (SSSR count). The van der Waals surface area contributed by atoms with Gasteiger partial charge in [0, 0.05) is 19.1 Å². The van der Waals surface area contributed by atoms with Crippen LogP contribution in [0.4, 0.5) is 0 Å². The summed E-state index contributed by atoms with van der Waals surface area (Å²) in [5.41, 5.74) is 0.226. The average Bonchev–Trinajstić information content (AvgIpc) is 2.90. The van der Waals surface area contributed by atoms with Crippen LogP contribution in [0.15, 0.2) is 0 Å². The van der Waals surface area contributed by atoms with Gasteiger partial charge in [-0.2, -0.15) is 0 Å². The lowest BCUT2D eigenvalue weighted by Gasteiger charge is -2.33. The van der Waals surface area contributed by atoms with E-state index in [9.17, 15) is 13.2 Å². The van der Waals surface area contributed by atoms with Crippen LogP contribution in [0, 0.1) is 5.41 Å². The van der Waals surface area contributed by atoms with Gasteiger partial charge in [-0.1, -0.05) is 20.3 Å². The van der Waals surface area contributed by atoms with Gasteiger partial charge in [0.2, 0.25) is 5.91 Å². The number of amides is 1. The molecule has 1 N–H and O–H groups in total. The molecule has 1 amide bonds. The topological polar surface area (TPSA) is 66.5 Å². The molecule has 2 fully saturated rings. The number of hydrogen-bond acceptors (Lipinski definition) is 4. The van der Waals surface area contributed by atoms with E-state index in [1.165, 1.54) is 12.8 Å². The van der Waals surface area contributed by atoms with Crippen molar-refractivity contribution in [1.82, 2.24) is 10.2 Å². The maximum Gasteiger partial charge on any atom is 0.239 e. The fraction of sp³-hybridized carbons (Fsp3) is 0.933.